The summed E-state index contributed by atoms with van der Waals surface area (Å²) in [6.07, 6.45) is 3.53. The normalized spacial score (nSPS) is 18.4. The predicted molar refractivity (Wildman–Crippen MR) is 69.0 cm³/mol. The second-order valence-electron chi connectivity index (χ2n) is 4.94. The Labute approximate surface area is 117 Å². The fourth-order valence-corrected chi connectivity index (χ4v) is 2.40. The molecule has 1 aliphatic rings. The molecule has 110 valence electrons. The maximum Gasteiger partial charge on any atom is 0.326 e. The van der Waals surface area contributed by atoms with Crippen LogP contribution in [0.5, 0.6) is 0 Å². The van der Waals surface area contributed by atoms with E-state index in [0.29, 0.717) is 31.1 Å². The Bertz CT molecular complexity index is 486. The van der Waals surface area contributed by atoms with Crippen molar-refractivity contribution in [3.05, 3.63) is 11.7 Å². The zero-order valence-corrected chi connectivity index (χ0v) is 11.5. The molecule has 7 heteroatoms. The van der Waals surface area contributed by atoms with Gasteiger partial charge in [0.1, 0.15) is 6.04 Å². The van der Waals surface area contributed by atoms with Crippen LogP contribution in [0.2, 0.25) is 0 Å². The molecule has 0 aliphatic carbocycles. The van der Waals surface area contributed by atoms with Gasteiger partial charge in [-0.05, 0) is 19.3 Å². The number of carbonyl (C=O) groups is 2. The van der Waals surface area contributed by atoms with Gasteiger partial charge < -0.3 is 14.5 Å². The summed E-state index contributed by atoms with van der Waals surface area (Å²) < 4.78 is 5.06. The summed E-state index contributed by atoms with van der Waals surface area (Å²) in [5.41, 5.74) is 0. The van der Waals surface area contributed by atoms with Gasteiger partial charge in [0.2, 0.25) is 11.8 Å². The summed E-state index contributed by atoms with van der Waals surface area (Å²) in [5, 5.41) is 12.9. The minimum Gasteiger partial charge on any atom is -0.480 e. The molecular formula is C13H19N3O4. The van der Waals surface area contributed by atoms with Crippen LogP contribution in [0.15, 0.2) is 4.52 Å². The third-order valence-electron chi connectivity index (χ3n) is 3.39. The lowest BCUT2D eigenvalue weighted by atomic mass is 10.2. The van der Waals surface area contributed by atoms with Crippen LogP contribution in [-0.2, 0) is 22.4 Å². The maximum atomic E-state index is 12.0. The van der Waals surface area contributed by atoms with Crippen LogP contribution in [0.3, 0.4) is 0 Å². The van der Waals surface area contributed by atoms with Crippen LogP contribution in [-0.4, -0.2) is 44.6 Å². The molecule has 1 unspecified atom stereocenters. The average molecular weight is 281 g/mol. The van der Waals surface area contributed by atoms with Gasteiger partial charge in [-0.15, -0.1) is 0 Å². The summed E-state index contributed by atoms with van der Waals surface area (Å²) in [6, 6.07) is -0.680. The highest BCUT2D eigenvalue weighted by molar-refractivity contribution is 5.84. The van der Waals surface area contributed by atoms with Crippen molar-refractivity contribution in [1.29, 1.82) is 0 Å². The molecule has 0 aromatic carbocycles. The molecular weight excluding hydrogens is 262 g/mol. The van der Waals surface area contributed by atoms with Crippen LogP contribution in [0.25, 0.3) is 0 Å². The maximum absolute atomic E-state index is 12.0. The molecule has 2 rings (SSSR count). The van der Waals surface area contributed by atoms with E-state index in [2.05, 4.69) is 10.1 Å². The zero-order valence-electron chi connectivity index (χ0n) is 11.5. The number of nitrogens with zero attached hydrogens (tertiary/aromatic N) is 3. The van der Waals surface area contributed by atoms with E-state index in [-0.39, 0.29) is 12.3 Å². The molecule has 1 aromatic rings. The van der Waals surface area contributed by atoms with Crippen molar-refractivity contribution in [2.75, 3.05) is 6.54 Å². The second-order valence-corrected chi connectivity index (χ2v) is 4.94. The Morgan fingerprint density at radius 2 is 2.25 bits per heavy atom. The SMILES string of the molecule is CCCc1noc(CCC(=O)N2CCCC2C(=O)O)n1. The van der Waals surface area contributed by atoms with Gasteiger partial charge in [-0.2, -0.15) is 4.98 Å². The van der Waals surface area contributed by atoms with Crippen molar-refractivity contribution in [3.63, 3.8) is 0 Å². The number of aryl methyl sites for hydroxylation is 2. The quantitative estimate of drug-likeness (QED) is 0.836. The number of aromatic nitrogens is 2. The predicted octanol–water partition coefficient (Wildman–Crippen LogP) is 1.03. The molecule has 0 spiro atoms. The van der Waals surface area contributed by atoms with Gasteiger partial charge in [0, 0.05) is 25.8 Å². The van der Waals surface area contributed by atoms with E-state index in [0.717, 1.165) is 19.3 Å². The number of carboxylic acids is 1. The lowest BCUT2D eigenvalue weighted by Gasteiger charge is -2.20. The van der Waals surface area contributed by atoms with Crippen molar-refractivity contribution in [2.45, 2.75) is 51.5 Å². The number of rotatable bonds is 6. The van der Waals surface area contributed by atoms with Crippen molar-refractivity contribution < 1.29 is 19.2 Å². The molecule has 1 N–H and O–H groups in total. The summed E-state index contributed by atoms with van der Waals surface area (Å²) >= 11 is 0. The van der Waals surface area contributed by atoms with Crippen LogP contribution in [0, 0.1) is 0 Å². The Morgan fingerprint density at radius 1 is 1.45 bits per heavy atom. The minimum atomic E-state index is -0.932. The lowest BCUT2D eigenvalue weighted by molar-refractivity contribution is -0.148. The van der Waals surface area contributed by atoms with Crippen LogP contribution >= 0.6 is 0 Å². The molecule has 0 radical (unpaired) electrons. The molecule has 1 aromatic heterocycles. The average Bonchev–Trinajstić information content (AvgIpc) is 3.05. The van der Waals surface area contributed by atoms with Crippen molar-refractivity contribution in [3.8, 4) is 0 Å². The van der Waals surface area contributed by atoms with Gasteiger partial charge in [-0.1, -0.05) is 12.1 Å². The standard InChI is InChI=1S/C13H19N3O4/c1-2-4-10-14-11(20-15-10)6-7-12(17)16-8-3-5-9(16)13(18)19/h9H,2-8H2,1H3,(H,18,19). The van der Waals surface area contributed by atoms with Crippen molar-refractivity contribution in [2.24, 2.45) is 0 Å². The summed E-state index contributed by atoms with van der Waals surface area (Å²) in [6.45, 7) is 2.54. The molecule has 1 aliphatic heterocycles. The molecule has 20 heavy (non-hydrogen) atoms. The fourth-order valence-electron chi connectivity index (χ4n) is 2.40. The van der Waals surface area contributed by atoms with E-state index < -0.39 is 12.0 Å². The highest BCUT2D eigenvalue weighted by Gasteiger charge is 2.33. The van der Waals surface area contributed by atoms with E-state index in [9.17, 15) is 9.59 Å². The first kappa shape index (κ1) is 14.5. The van der Waals surface area contributed by atoms with Crippen LogP contribution in [0.4, 0.5) is 0 Å². The Balaban J connectivity index is 1.86. The summed E-state index contributed by atoms with van der Waals surface area (Å²) in [4.78, 5) is 28.7. The monoisotopic (exact) mass is 281 g/mol. The van der Waals surface area contributed by atoms with Gasteiger partial charge >= 0.3 is 5.97 Å². The molecule has 1 atom stereocenters. The first-order valence-electron chi connectivity index (χ1n) is 6.95. The highest BCUT2D eigenvalue weighted by atomic mass is 16.5. The number of hydrogen-bond acceptors (Lipinski definition) is 5. The summed E-state index contributed by atoms with van der Waals surface area (Å²) in [5.74, 6) is -0.00332. The van der Waals surface area contributed by atoms with Gasteiger partial charge in [0.25, 0.3) is 0 Å². The molecule has 0 saturated carbocycles. The third-order valence-corrected chi connectivity index (χ3v) is 3.39. The Kier molecular flexibility index (Phi) is 4.70. The minimum absolute atomic E-state index is 0.162. The summed E-state index contributed by atoms with van der Waals surface area (Å²) in [7, 11) is 0. The zero-order chi connectivity index (χ0) is 14.5. The van der Waals surface area contributed by atoms with Gasteiger partial charge in [0.05, 0.1) is 0 Å². The Hall–Kier alpha value is -1.92. The number of carbonyl (C=O) groups excluding carboxylic acids is 1. The first-order chi connectivity index (χ1) is 9.61. The van der Waals surface area contributed by atoms with Gasteiger partial charge in [-0.25, -0.2) is 4.79 Å². The largest absolute Gasteiger partial charge is 0.480 e. The van der Waals surface area contributed by atoms with Crippen molar-refractivity contribution in [1.82, 2.24) is 15.0 Å². The fraction of sp³-hybridized carbons (Fsp3) is 0.692. The smallest absolute Gasteiger partial charge is 0.326 e. The molecule has 1 fully saturated rings. The van der Waals surface area contributed by atoms with E-state index in [1.54, 1.807) is 0 Å². The molecule has 0 bridgehead atoms. The third kappa shape index (κ3) is 3.34. The van der Waals surface area contributed by atoms with Gasteiger partial charge in [-0.3, -0.25) is 4.79 Å². The number of amides is 1. The lowest BCUT2D eigenvalue weighted by Crippen LogP contribution is -2.40. The van der Waals surface area contributed by atoms with E-state index in [1.165, 1.54) is 4.90 Å². The van der Waals surface area contributed by atoms with Crippen molar-refractivity contribution >= 4 is 11.9 Å². The van der Waals surface area contributed by atoms with Crippen LogP contribution in [0.1, 0.15) is 44.3 Å². The van der Waals surface area contributed by atoms with E-state index >= 15 is 0 Å². The van der Waals surface area contributed by atoms with Gasteiger partial charge in [0.15, 0.2) is 5.82 Å². The van der Waals surface area contributed by atoms with E-state index in [1.807, 2.05) is 6.92 Å². The number of hydrogen-bond donors (Lipinski definition) is 1. The first-order valence-corrected chi connectivity index (χ1v) is 6.95. The topological polar surface area (TPSA) is 96.5 Å². The Morgan fingerprint density at radius 3 is 2.95 bits per heavy atom. The highest BCUT2D eigenvalue weighted by Crippen LogP contribution is 2.19. The molecule has 1 saturated heterocycles. The number of likely N-dealkylation sites (tertiary alicyclic amines) is 1. The molecule has 1 amide bonds. The molecule has 7 nitrogen and oxygen atoms in total. The van der Waals surface area contributed by atoms with E-state index in [4.69, 9.17) is 9.63 Å². The van der Waals surface area contributed by atoms with Crippen LogP contribution < -0.4 is 0 Å². The number of carboxylic acid groups (broad SMARTS) is 1. The second kappa shape index (κ2) is 6.49. The number of aliphatic carboxylic acids is 1. The molecule has 2 heterocycles.